The molecule has 1 aromatic rings. The number of hydrogen-bond acceptors (Lipinski definition) is 3. The third-order valence-corrected chi connectivity index (χ3v) is 4.90. The zero-order valence-corrected chi connectivity index (χ0v) is 13.2. The molecule has 1 N–H and O–H groups in total. The lowest BCUT2D eigenvalue weighted by molar-refractivity contribution is 0.194. The maximum absolute atomic E-state index is 5.90. The van der Waals surface area contributed by atoms with Gasteiger partial charge in [-0.2, -0.15) is 0 Å². The van der Waals surface area contributed by atoms with Crippen LogP contribution in [0.5, 0.6) is 5.75 Å². The predicted molar refractivity (Wildman–Crippen MR) is 88.2 cm³/mol. The third-order valence-electron chi connectivity index (χ3n) is 4.90. The Bertz CT molecular complexity index is 449. The van der Waals surface area contributed by atoms with Crippen molar-refractivity contribution in [1.82, 2.24) is 5.32 Å². The molecule has 1 fully saturated rings. The van der Waals surface area contributed by atoms with Gasteiger partial charge < -0.3 is 15.0 Å². The number of fused-ring (bicyclic) bond motifs is 1. The van der Waals surface area contributed by atoms with Gasteiger partial charge >= 0.3 is 0 Å². The van der Waals surface area contributed by atoms with Gasteiger partial charge in [-0.05, 0) is 44.4 Å². The van der Waals surface area contributed by atoms with Gasteiger partial charge in [-0.15, -0.1) is 0 Å². The molecule has 2 aliphatic heterocycles. The topological polar surface area (TPSA) is 24.5 Å². The second kappa shape index (κ2) is 6.69. The largest absolute Gasteiger partial charge is 0.491 e. The van der Waals surface area contributed by atoms with Gasteiger partial charge in [0.2, 0.25) is 0 Å². The molecular weight excluding hydrogens is 260 g/mol. The molecule has 1 atom stereocenters. The lowest BCUT2D eigenvalue weighted by Crippen LogP contribution is -2.48. The monoisotopic (exact) mass is 288 g/mol. The van der Waals surface area contributed by atoms with Gasteiger partial charge in [0.1, 0.15) is 5.75 Å². The minimum absolute atomic E-state index is 0.435. The van der Waals surface area contributed by atoms with Crippen LogP contribution in [0.3, 0.4) is 0 Å². The first-order valence-electron chi connectivity index (χ1n) is 8.50. The lowest BCUT2D eigenvalue weighted by Gasteiger charge is -2.42. The summed E-state index contributed by atoms with van der Waals surface area (Å²) in [5.74, 6) is 1.06. The third kappa shape index (κ3) is 3.34. The quantitative estimate of drug-likeness (QED) is 0.918. The molecule has 2 aliphatic rings. The summed E-state index contributed by atoms with van der Waals surface area (Å²) in [6.07, 6.45) is 6.37. The van der Waals surface area contributed by atoms with Crippen molar-refractivity contribution in [1.29, 1.82) is 0 Å². The van der Waals surface area contributed by atoms with Gasteiger partial charge in [0.05, 0.1) is 12.3 Å². The highest BCUT2D eigenvalue weighted by molar-refractivity contribution is 5.59. The fourth-order valence-electron chi connectivity index (χ4n) is 3.96. The molecule has 21 heavy (non-hydrogen) atoms. The minimum Gasteiger partial charge on any atom is -0.491 e. The summed E-state index contributed by atoms with van der Waals surface area (Å²) in [4.78, 5) is 2.57. The summed E-state index contributed by atoms with van der Waals surface area (Å²) < 4.78 is 5.90. The van der Waals surface area contributed by atoms with E-state index in [2.05, 4.69) is 41.4 Å². The molecule has 0 saturated carbocycles. The molecule has 0 radical (unpaired) electrons. The number of piperidine rings is 1. The lowest BCUT2D eigenvalue weighted by atomic mass is 9.76. The van der Waals surface area contributed by atoms with E-state index in [4.69, 9.17) is 4.74 Å². The van der Waals surface area contributed by atoms with Crippen LogP contribution in [0.25, 0.3) is 0 Å². The predicted octanol–water partition coefficient (Wildman–Crippen LogP) is 3.45. The van der Waals surface area contributed by atoms with Crippen LogP contribution in [0.1, 0.15) is 39.0 Å². The fraction of sp³-hybridized carbons (Fsp3) is 0.667. The molecule has 116 valence electrons. The van der Waals surface area contributed by atoms with E-state index >= 15 is 0 Å². The molecular formula is C18H28N2O. The van der Waals surface area contributed by atoms with Crippen LogP contribution in [-0.4, -0.2) is 32.8 Å². The Morgan fingerprint density at radius 1 is 1.29 bits per heavy atom. The Morgan fingerprint density at radius 2 is 2.19 bits per heavy atom. The van der Waals surface area contributed by atoms with Gasteiger partial charge in [-0.25, -0.2) is 0 Å². The Kier molecular flexibility index (Phi) is 4.69. The van der Waals surface area contributed by atoms with Gasteiger partial charge in [0.15, 0.2) is 0 Å². The van der Waals surface area contributed by atoms with Gasteiger partial charge in [-0.3, -0.25) is 0 Å². The zero-order chi connectivity index (χ0) is 14.5. The van der Waals surface area contributed by atoms with Crippen molar-refractivity contribution in [3.63, 3.8) is 0 Å². The van der Waals surface area contributed by atoms with Crippen LogP contribution in [0.2, 0.25) is 0 Å². The summed E-state index contributed by atoms with van der Waals surface area (Å²) in [5.41, 5.74) is 1.72. The van der Waals surface area contributed by atoms with Crippen LogP contribution >= 0.6 is 0 Å². The molecule has 3 nitrogen and oxygen atoms in total. The average Bonchev–Trinajstić information content (AvgIpc) is 2.71. The summed E-state index contributed by atoms with van der Waals surface area (Å²) in [6, 6.07) is 8.54. The van der Waals surface area contributed by atoms with E-state index in [1.807, 2.05) is 0 Å². The molecule has 1 saturated heterocycles. The first-order valence-corrected chi connectivity index (χ1v) is 8.50. The molecule has 0 amide bonds. The van der Waals surface area contributed by atoms with Crippen molar-refractivity contribution < 1.29 is 4.74 Å². The van der Waals surface area contributed by atoms with E-state index in [-0.39, 0.29) is 0 Å². The van der Waals surface area contributed by atoms with E-state index in [0.29, 0.717) is 5.41 Å². The first-order chi connectivity index (χ1) is 10.3. The van der Waals surface area contributed by atoms with Gasteiger partial charge in [0, 0.05) is 25.0 Å². The van der Waals surface area contributed by atoms with Crippen molar-refractivity contribution in [2.75, 3.05) is 37.7 Å². The van der Waals surface area contributed by atoms with Gasteiger partial charge in [-0.1, -0.05) is 25.5 Å². The highest BCUT2D eigenvalue weighted by Gasteiger charge is 2.34. The Hall–Kier alpha value is -1.22. The maximum atomic E-state index is 5.90. The van der Waals surface area contributed by atoms with E-state index in [9.17, 15) is 0 Å². The first kappa shape index (κ1) is 14.7. The summed E-state index contributed by atoms with van der Waals surface area (Å²) >= 11 is 0. The highest BCUT2D eigenvalue weighted by Crippen LogP contribution is 2.37. The Balaban J connectivity index is 1.81. The van der Waals surface area contributed by atoms with Crippen LogP contribution in [-0.2, 0) is 0 Å². The fourth-order valence-corrected chi connectivity index (χ4v) is 3.96. The van der Waals surface area contributed by atoms with Crippen molar-refractivity contribution in [3.05, 3.63) is 24.3 Å². The van der Waals surface area contributed by atoms with E-state index < -0.39 is 0 Å². The SMILES string of the molecule is CCCC1(CN2CCCOc3ccccc32)CCCNC1. The molecule has 0 bridgehead atoms. The van der Waals surface area contributed by atoms with Crippen molar-refractivity contribution >= 4 is 5.69 Å². The standard InChI is InChI=1S/C18H28N2O/c1-2-9-18(10-5-11-19-14-18)15-20-12-6-13-21-17-8-4-3-7-16(17)20/h3-4,7-8,19H,2,5-6,9-15H2,1H3. The van der Waals surface area contributed by atoms with Crippen molar-refractivity contribution in [2.24, 2.45) is 5.41 Å². The molecule has 2 heterocycles. The second-order valence-electron chi connectivity index (χ2n) is 6.62. The van der Waals surface area contributed by atoms with Crippen LogP contribution in [0, 0.1) is 5.41 Å². The molecule has 3 heteroatoms. The molecule has 0 spiro atoms. The van der Waals surface area contributed by atoms with E-state index in [1.54, 1.807) is 0 Å². The number of nitrogens with zero attached hydrogens (tertiary/aromatic N) is 1. The highest BCUT2D eigenvalue weighted by atomic mass is 16.5. The minimum atomic E-state index is 0.435. The summed E-state index contributed by atoms with van der Waals surface area (Å²) in [5, 5.41) is 3.63. The number of hydrogen-bond donors (Lipinski definition) is 1. The number of nitrogens with one attached hydrogen (secondary N) is 1. The average molecular weight is 288 g/mol. The van der Waals surface area contributed by atoms with Crippen LogP contribution < -0.4 is 15.0 Å². The number of anilines is 1. The van der Waals surface area contributed by atoms with Crippen molar-refractivity contribution in [2.45, 2.75) is 39.0 Å². The normalized spacial score (nSPS) is 25.9. The molecule has 1 unspecified atom stereocenters. The van der Waals surface area contributed by atoms with Crippen molar-refractivity contribution in [3.8, 4) is 5.75 Å². The number of para-hydroxylation sites is 2. The molecule has 0 aliphatic carbocycles. The van der Waals surface area contributed by atoms with Crippen LogP contribution in [0.15, 0.2) is 24.3 Å². The summed E-state index contributed by atoms with van der Waals surface area (Å²) in [6.45, 7) is 7.78. The van der Waals surface area contributed by atoms with E-state index in [0.717, 1.165) is 31.9 Å². The molecule has 0 aromatic heterocycles. The molecule has 1 aromatic carbocycles. The molecule has 3 rings (SSSR count). The number of rotatable bonds is 4. The number of benzene rings is 1. The Morgan fingerprint density at radius 3 is 3.00 bits per heavy atom. The zero-order valence-electron chi connectivity index (χ0n) is 13.2. The van der Waals surface area contributed by atoms with Crippen LogP contribution in [0.4, 0.5) is 5.69 Å². The smallest absolute Gasteiger partial charge is 0.142 e. The second-order valence-corrected chi connectivity index (χ2v) is 6.62. The van der Waals surface area contributed by atoms with E-state index in [1.165, 1.54) is 44.5 Å². The Labute approximate surface area is 128 Å². The van der Waals surface area contributed by atoms with Gasteiger partial charge in [0.25, 0.3) is 0 Å². The number of ether oxygens (including phenoxy) is 1. The maximum Gasteiger partial charge on any atom is 0.142 e. The summed E-state index contributed by atoms with van der Waals surface area (Å²) in [7, 11) is 0.